The lowest BCUT2D eigenvalue weighted by Crippen LogP contribution is -2.12. The zero-order valence-electron chi connectivity index (χ0n) is 5.40. The van der Waals surface area contributed by atoms with Gasteiger partial charge in [-0.2, -0.15) is 0 Å². The Labute approximate surface area is 58.9 Å². The van der Waals surface area contributed by atoms with E-state index in [-0.39, 0.29) is 6.61 Å². The Morgan fingerprint density at radius 1 is 1.70 bits per heavy atom. The highest BCUT2D eigenvalue weighted by Gasteiger charge is 2.05. The number of hydrogen-bond acceptors (Lipinski definition) is 3. The number of furan rings is 1. The third kappa shape index (κ3) is 1.86. The zero-order chi connectivity index (χ0) is 7.40. The van der Waals surface area contributed by atoms with E-state index >= 15 is 0 Å². The van der Waals surface area contributed by atoms with Crippen LogP contribution in [0.25, 0.3) is 0 Å². The smallest absolute Gasteiger partial charge is 0.110 e. The molecule has 0 spiro atoms. The second-order valence-corrected chi connectivity index (χ2v) is 1.93. The number of rotatable bonds is 3. The van der Waals surface area contributed by atoms with Crippen LogP contribution < -0.4 is 0 Å². The van der Waals surface area contributed by atoms with Crippen LogP contribution in [0.4, 0.5) is 0 Å². The molecule has 0 saturated carbocycles. The Morgan fingerprint density at radius 2 is 2.50 bits per heavy atom. The van der Waals surface area contributed by atoms with Crippen LogP contribution in [0.1, 0.15) is 5.76 Å². The molecule has 1 heterocycles. The molecule has 3 heteroatoms. The standard InChI is InChI=1S/C7H9O3/c8-5-6(9)4-7-2-1-3-10-7/h1-4,6,8-9H,5H2. The van der Waals surface area contributed by atoms with E-state index < -0.39 is 6.10 Å². The topological polar surface area (TPSA) is 53.6 Å². The van der Waals surface area contributed by atoms with Crippen LogP contribution in [0.5, 0.6) is 0 Å². The fraction of sp³-hybridized carbons (Fsp3) is 0.286. The Balaban J connectivity index is 2.40. The van der Waals surface area contributed by atoms with Gasteiger partial charge in [-0.05, 0) is 12.1 Å². The zero-order valence-corrected chi connectivity index (χ0v) is 5.40. The van der Waals surface area contributed by atoms with Crippen molar-refractivity contribution in [1.82, 2.24) is 0 Å². The average Bonchev–Trinajstić information content (AvgIpc) is 2.40. The van der Waals surface area contributed by atoms with Crippen LogP contribution in [0, 0.1) is 6.42 Å². The van der Waals surface area contributed by atoms with Gasteiger partial charge in [0.2, 0.25) is 0 Å². The lowest BCUT2D eigenvalue weighted by atomic mass is 10.2. The van der Waals surface area contributed by atoms with E-state index in [4.69, 9.17) is 14.6 Å². The first kappa shape index (κ1) is 7.31. The van der Waals surface area contributed by atoms with Gasteiger partial charge < -0.3 is 14.6 Å². The maximum absolute atomic E-state index is 8.86. The van der Waals surface area contributed by atoms with E-state index in [2.05, 4.69) is 0 Å². The molecule has 0 saturated heterocycles. The van der Waals surface area contributed by atoms with Gasteiger partial charge in [0, 0.05) is 0 Å². The normalized spacial score (nSPS) is 13.4. The second-order valence-electron chi connectivity index (χ2n) is 1.93. The summed E-state index contributed by atoms with van der Waals surface area (Å²) >= 11 is 0. The summed E-state index contributed by atoms with van der Waals surface area (Å²) in [6, 6.07) is 3.43. The molecule has 3 nitrogen and oxygen atoms in total. The maximum atomic E-state index is 8.86. The van der Waals surface area contributed by atoms with Crippen LogP contribution in [-0.2, 0) is 0 Å². The highest BCUT2D eigenvalue weighted by atomic mass is 16.3. The van der Waals surface area contributed by atoms with Gasteiger partial charge >= 0.3 is 0 Å². The van der Waals surface area contributed by atoms with E-state index in [0.29, 0.717) is 5.76 Å². The molecule has 1 radical (unpaired) electrons. The van der Waals surface area contributed by atoms with Crippen molar-refractivity contribution in [2.45, 2.75) is 6.10 Å². The first-order chi connectivity index (χ1) is 4.83. The van der Waals surface area contributed by atoms with E-state index in [1.807, 2.05) is 0 Å². The fourth-order valence-corrected chi connectivity index (χ4v) is 0.628. The van der Waals surface area contributed by atoms with E-state index in [0.717, 1.165) is 0 Å². The quantitative estimate of drug-likeness (QED) is 0.631. The Morgan fingerprint density at radius 3 is 3.00 bits per heavy atom. The summed E-state index contributed by atoms with van der Waals surface area (Å²) in [5.74, 6) is 0.571. The van der Waals surface area contributed by atoms with Crippen molar-refractivity contribution in [3.8, 4) is 0 Å². The molecule has 1 unspecified atom stereocenters. The molecule has 1 rings (SSSR count). The summed E-state index contributed by atoms with van der Waals surface area (Å²) in [5, 5.41) is 17.3. The minimum atomic E-state index is -0.828. The van der Waals surface area contributed by atoms with Gasteiger partial charge in [0.05, 0.1) is 25.4 Å². The summed E-state index contributed by atoms with van der Waals surface area (Å²) in [6.45, 7) is -0.277. The van der Waals surface area contributed by atoms with Crippen LogP contribution in [-0.4, -0.2) is 22.9 Å². The number of aliphatic hydroxyl groups is 2. The molecule has 0 amide bonds. The molecule has 1 aromatic heterocycles. The molecular formula is C7H9O3. The molecule has 2 N–H and O–H groups in total. The van der Waals surface area contributed by atoms with Crippen molar-refractivity contribution in [2.24, 2.45) is 0 Å². The SMILES string of the molecule is OCC(O)[CH]c1ccco1. The summed E-state index contributed by atoms with van der Waals surface area (Å²) in [4.78, 5) is 0. The lowest BCUT2D eigenvalue weighted by Gasteiger charge is -2.01. The van der Waals surface area contributed by atoms with Gasteiger partial charge in [-0.15, -0.1) is 0 Å². The number of hydrogen-bond donors (Lipinski definition) is 2. The minimum Gasteiger partial charge on any atom is -0.469 e. The first-order valence-corrected chi connectivity index (χ1v) is 3.00. The highest BCUT2D eigenvalue weighted by molar-refractivity contribution is 5.10. The highest BCUT2D eigenvalue weighted by Crippen LogP contribution is 2.05. The average molecular weight is 141 g/mol. The molecule has 0 aromatic carbocycles. The monoisotopic (exact) mass is 141 g/mol. The lowest BCUT2D eigenvalue weighted by molar-refractivity contribution is 0.119. The van der Waals surface area contributed by atoms with Crippen molar-refractivity contribution in [2.75, 3.05) is 6.61 Å². The molecule has 1 atom stereocenters. The molecule has 55 valence electrons. The third-order valence-corrected chi connectivity index (χ3v) is 1.09. The minimum absolute atomic E-state index is 0.277. The van der Waals surface area contributed by atoms with Gasteiger partial charge in [-0.3, -0.25) is 0 Å². The van der Waals surface area contributed by atoms with Gasteiger partial charge in [0.15, 0.2) is 0 Å². The van der Waals surface area contributed by atoms with Gasteiger partial charge in [0.1, 0.15) is 5.76 Å². The van der Waals surface area contributed by atoms with Crippen molar-refractivity contribution >= 4 is 0 Å². The van der Waals surface area contributed by atoms with E-state index in [9.17, 15) is 0 Å². The molecule has 0 aliphatic rings. The van der Waals surface area contributed by atoms with E-state index in [1.165, 1.54) is 12.7 Å². The van der Waals surface area contributed by atoms with Crippen molar-refractivity contribution < 1.29 is 14.6 Å². The molecule has 0 aliphatic heterocycles. The van der Waals surface area contributed by atoms with Gasteiger partial charge in [0.25, 0.3) is 0 Å². The largest absolute Gasteiger partial charge is 0.469 e. The summed E-state index contributed by atoms with van der Waals surface area (Å²) in [5.41, 5.74) is 0. The van der Waals surface area contributed by atoms with Crippen molar-refractivity contribution in [1.29, 1.82) is 0 Å². The van der Waals surface area contributed by atoms with Crippen molar-refractivity contribution in [3.05, 3.63) is 30.6 Å². The molecular weight excluding hydrogens is 132 g/mol. The molecule has 0 bridgehead atoms. The number of aliphatic hydroxyl groups excluding tert-OH is 2. The molecule has 0 aliphatic carbocycles. The Kier molecular flexibility index (Phi) is 2.48. The van der Waals surface area contributed by atoms with Crippen LogP contribution in [0.2, 0.25) is 0 Å². The Hall–Kier alpha value is -0.800. The first-order valence-electron chi connectivity index (χ1n) is 3.00. The summed E-state index contributed by atoms with van der Waals surface area (Å²) < 4.78 is 4.88. The van der Waals surface area contributed by atoms with E-state index in [1.54, 1.807) is 12.1 Å². The molecule has 1 aromatic rings. The van der Waals surface area contributed by atoms with Gasteiger partial charge in [-0.1, -0.05) is 0 Å². The summed E-state index contributed by atoms with van der Waals surface area (Å²) in [6.07, 6.45) is 2.13. The van der Waals surface area contributed by atoms with Gasteiger partial charge in [-0.25, -0.2) is 0 Å². The van der Waals surface area contributed by atoms with Crippen LogP contribution in [0.15, 0.2) is 22.8 Å². The Bertz CT molecular complexity index is 169. The summed E-state index contributed by atoms with van der Waals surface area (Å²) in [7, 11) is 0. The van der Waals surface area contributed by atoms with Crippen LogP contribution >= 0.6 is 0 Å². The predicted molar refractivity (Wildman–Crippen MR) is 35.2 cm³/mol. The second kappa shape index (κ2) is 3.39. The third-order valence-electron chi connectivity index (χ3n) is 1.09. The molecule has 10 heavy (non-hydrogen) atoms. The van der Waals surface area contributed by atoms with Crippen LogP contribution in [0.3, 0.4) is 0 Å². The fourth-order valence-electron chi connectivity index (χ4n) is 0.628. The van der Waals surface area contributed by atoms with Crippen molar-refractivity contribution in [3.63, 3.8) is 0 Å². The molecule has 0 fully saturated rings. The predicted octanol–water partition coefficient (Wildman–Crippen LogP) is 0.185. The maximum Gasteiger partial charge on any atom is 0.110 e.